The first-order valence-corrected chi connectivity index (χ1v) is 9.22. The highest BCUT2D eigenvalue weighted by Gasteiger charge is 2.24. The molecule has 5 heteroatoms. The minimum absolute atomic E-state index is 0.169. The lowest BCUT2D eigenvalue weighted by Gasteiger charge is -2.13. The number of anilines is 1. The first kappa shape index (κ1) is 17.8. The summed E-state index contributed by atoms with van der Waals surface area (Å²) < 4.78 is 3.73. The number of amides is 1. The van der Waals surface area contributed by atoms with Crippen molar-refractivity contribution in [2.75, 3.05) is 5.32 Å². The van der Waals surface area contributed by atoms with Crippen molar-refractivity contribution >= 4 is 11.6 Å². The van der Waals surface area contributed by atoms with Gasteiger partial charge in [0, 0.05) is 18.1 Å². The molecule has 0 saturated heterocycles. The average Bonchev–Trinajstić information content (AvgIpc) is 3.33. The number of aryl methyl sites for hydroxylation is 2. The van der Waals surface area contributed by atoms with Crippen LogP contribution in [-0.2, 0) is 0 Å². The van der Waals surface area contributed by atoms with Crippen LogP contribution in [0.2, 0.25) is 0 Å². The van der Waals surface area contributed by atoms with Gasteiger partial charge in [0.2, 0.25) is 0 Å². The molecule has 28 heavy (non-hydrogen) atoms. The van der Waals surface area contributed by atoms with Gasteiger partial charge in [-0.3, -0.25) is 4.79 Å². The summed E-state index contributed by atoms with van der Waals surface area (Å²) in [6.45, 7) is 5.91. The largest absolute Gasteiger partial charge is 0.322 e. The minimum atomic E-state index is -0.169. The van der Waals surface area contributed by atoms with E-state index in [9.17, 15) is 4.79 Å². The SMILES string of the molecule is Cc1cccc(NC(=O)c2c(C)nn(-c3ccccc3)c2-n2cccc2)c1C. The van der Waals surface area contributed by atoms with Crippen LogP contribution in [0.3, 0.4) is 0 Å². The highest BCUT2D eigenvalue weighted by Crippen LogP contribution is 2.25. The van der Waals surface area contributed by atoms with Gasteiger partial charge in [0.1, 0.15) is 5.56 Å². The Bertz CT molecular complexity index is 1130. The molecule has 0 radical (unpaired) electrons. The van der Waals surface area contributed by atoms with E-state index in [1.54, 1.807) is 0 Å². The fourth-order valence-electron chi connectivity index (χ4n) is 3.32. The molecule has 5 nitrogen and oxygen atoms in total. The number of nitrogens with one attached hydrogen (secondary N) is 1. The van der Waals surface area contributed by atoms with Crippen molar-refractivity contribution in [3.63, 3.8) is 0 Å². The molecule has 4 rings (SSSR count). The van der Waals surface area contributed by atoms with Crippen molar-refractivity contribution < 1.29 is 4.79 Å². The number of carbonyl (C=O) groups is 1. The van der Waals surface area contributed by atoms with Crippen LogP contribution in [0.5, 0.6) is 0 Å². The molecule has 0 aliphatic carbocycles. The van der Waals surface area contributed by atoms with Gasteiger partial charge >= 0.3 is 0 Å². The molecular formula is C23H22N4O. The number of nitrogens with zero attached hydrogens (tertiary/aromatic N) is 3. The molecule has 0 saturated carbocycles. The van der Waals surface area contributed by atoms with Crippen LogP contribution in [0.25, 0.3) is 11.5 Å². The summed E-state index contributed by atoms with van der Waals surface area (Å²) in [6, 6.07) is 19.6. The van der Waals surface area contributed by atoms with Crippen LogP contribution in [0.15, 0.2) is 73.1 Å². The zero-order chi connectivity index (χ0) is 19.7. The lowest BCUT2D eigenvalue weighted by Crippen LogP contribution is -2.17. The summed E-state index contributed by atoms with van der Waals surface area (Å²) in [4.78, 5) is 13.3. The number of hydrogen-bond donors (Lipinski definition) is 1. The highest BCUT2D eigenvalue weighted by atomic mass is 16.1. The van der Waals surface area contributed by atoms with E-state index in [1.165, 1.54) is 0 Å². The number of para-hydroxylation sites is 1. The molecule has 4 aromatic rings. The van der Waals surface area contributed by atoms with Crippen LogP contribution in [-0.4, -0.2) is 20.3 Å². The number of benzene rings is 2. The predicted octanol–water partition coefficient (Wildman–Crippen LogP) is 4.84. The Morgan fingerprint density at radius 3 is 2.32 bits per heavy atom. The number of aromatic nitrogens is 3. The Morgan fingerprint density at radius 1 is 0.893 bits per heavy atom. The number of hydrogen-bond acceptors (Lipinski definition) is 2. The molecule has 0 unspecified atom stereocenters. The van der Waals surface area contributed by atoms with Crippen molar-refractivity contribution in [3.8, 4) is 11.5 Å². The standard InChI is InChI=1S/C23H22N4O/c1-16-10-9-13-20(17(16)2)24-22(28)21-18(3)25-27(19-11-5-4-6-12-19)23(21)26-14-7-8-15-26/h4-15H,1-3H3,(H,24,28). The Hall–Kier alpha value is -3.60. The molecule has 2 aromatic carbocycles. The zero-order valence-corrected chi connectivity index (χ0v) is 16.2. The summed E-state index contributed by atoms with van der Waals surface area (Å²) in [5.41, 5.74) is 5.15. The smallest absolute Gasteiger partial charge is 0.261 e. The Morgan fingerprint density at radius 2 is 1.61 bits per heavy atom. The predicted molar refractivity (Wildman–Crippen MR) is 111 cm³/mol. The molecule has 2 heterocycles. The van der Waals surface area contributed by atoms with Gasteiger partial charge in [-0.2, -0.15) is 5.10 Å². The summed E-state index contributed by atoms with van der Waals surface area (Å²) in [6.07, 6.45) is 3.84. The van der Waals surface area contributed by atoms with Crippen LogP contribution < -0.4 is 5.32 Å². The Labute approximate surface area is 164 Å². The van der Waals surface area contributed by atoms with Gasteiger partial charge in [0.05, 0.1) is 11.4 Å². The monoisotopic (exact) mass is 370 g/mol. The van der Waals surface area contributed by atoms with Crippen LogP contribution in [0.4, 0.5) is 5.69 Å². The first-order valence-electron chi connectivity index (χ1n) is 9.22. The van der Waals surface area contributed by atoms with Gasteiger partial charge in [0.25, 0.3) is 5.91 Å². The molecule has 0 spiro atoms. The number of carbonyl (C=O) groups excluding carboxylic acids is 1. The van der Waals surface area contributed by atoms with Gasteiger partial charge < -0.3 is 9.88 Å². The van der Waals surface area contributed by atoms with E-state index in [0.29, 0.717) is 11.3 Å². The van der Waals surface area contributed by atoms with E-state index in [1.807, 2.05) is 103 Å². The van der Waals surface area contributed by atoms with Gasteiger partial charge in [-0.15, -0.1) is 0 Å². The van der Waals surface area contributed by atoms with Crippen LogP contribution in [0, 0.1) is 20.8 Å². The van der Waals surface area contributed by atoms with Crippen molar-refractivity contribution in [1.82, 2.24) is 14.3 Å². The third-order valence-corrected chi connectivity index (χ3v) is 4.97. The maximum absolute atomic E-state index is 13.3. The molecule has 0 aliphatic rings. The maximum atomic E-state index is 13.3. The topological polar surface area (TPSA) is 51.9 Å². The van der Waals surface area contributed by atoms with Crippen molar-refractivity contribution in [2.24, 2.45) is 0 Å². The van der Waals surface area contributed by atoms with E-state index in [-0.39, 0.29) is 5.91 Å². The molecular weight excluding hydrogens is 348 g/mol. The summed E-state index contributed by atoms with van der Waals surface area (Å²) in [5, 5.41) is 7.74. The Kier molecular flexibility index (Phi) is 4.57. The van der Waals surface area contributed by atoms with Crippen molar-refractivity contribution in [3.05, 3.63) is 95.4 Å². The normalized spacial score (nSPS) is 10.8. The second-order valence-corrected chi connectivity index (χ2v) is 6.82. The molecule has 1 N–H and O–H groups in total. The molecule has 140 valence electrons. The third-order valence-electron chi connectivity index (χ3n) is 4.97. The summed E-state index contributed by atoms with van der Waals surface area (Å²) >= 11 is 0. The number of rotatable bonds is 4. The highest BCUT2D eigenvalue weighted by molar-refractivity contribution is 6.07. The first-order chi connectivity index (χ1) is 13.6. The van der Waals surface area contributed by atoms with Crippen LogP contribution in [0.1, 0.15) is 27.2 Å². The molecule has 0 atom stereocenters. The van der Waals surface area contributed by atoms with E-state index in [4.69, 9.17) is 0 Å². The third kappa shape index (κ3) is 3.11. The lowest BCUT2D eigenvalue weighted by molar-refractivity contribution is 0.102. The van der Waals surface area contributed by atoms with Gasteiger partial charge in [-0.1, -0.05) is 30.3 Å². The molecule has 2 aromatic heterocycles. The maximum Gasteiger partial charge on any atom is 0.261 e. The average molecular weight is 370 g/mol. The quantitative estimate of drug-likeness (QED) is 0.559. The van der Waals surface area contributed by atoms with Crippen molar-refractivity contribution in [1.29, 1.82) is 0 Å². The fraction of sp³-hybridized carbons (Fsp3) is 0.130. The van der Waals surface area contributed by atoms with E-state index < -0.39 is 0 Å². The second kappa shape index (κ2) is 7.19. The van der Waals surface area contributed by atoms with E-state index in [2.05, 4.69) is 10.4 Å². The van der Waals surface area contributed by atoms with Gasteiger partial charge in [-0.25, -0.2) is 4.68 Å². The van der Waals surface area contributed by atoms with E-state index in [0.717, 1.165) is 28.3 Å². The Balaban J connectivity index is 1.84. The molecule has 0 bridgehead atoms. The van der Waals surface area contributed by atoms with E-state index >= 15 is 0 Å². The lowest BCUT2D eigenvalue weighted by atomic mass is 10.1. The molecule has 1 amide bonds. The van der Waals surface area contributed by atoms with Crippen LogP contribution >= 0.6 is 0 Å². The fourth-order valence-corrected chi connectivity index (χ4v) is 3.32. The van der Waals surface area contributed by atoms with Gasteiger partial charge in [0.15, 0.2) is 5.82 Å². The second-order valence-electron chi connectivity index (χ2n) is 6.82. The summed E-state index contributed by atoms with van der Waals surface area (Å²) in [7, 11) is 0. The summed E-state index contributed by atoms with van der Waals surface area (Å²) in [5.74, 6) is 0.550. The van der Waals surface area contributed by atoms with Crippen molar-refractivity contribution in [2.45, 2.75) is 20.8 Å². The minimum Gasteiger partial charge on any atom is -0.322 e. The zero-order valence-electron chi connectivity index (χ0n) is 16.2. The van der Waals surface area contributed by atoms with Gasteiger partial charge in [-0.05, 0) is 62.2 Å². The molecule has 0 aliphatic heterocycles. The molecule has 0 fully saturated rings.